The zero-order chi connectivity index (χ0) is 16.4. The fourth-order valence-electron chi connectivity index (χ4n) is 2.30. The quantitative estimate of drug-likeness (QED) is 0.786. The van der Waals surface area contributed by atoms with Gasteiger partial charge in [-0.2, -0.15) is 17.5 Å². The van der Waals surface area contributed by atoms with Crippen LogP contribution in [0.15, 0.2) is 24.3 Å². The first kappa shape index (κ1) is 17.2. The van der Waals surface area contributed by atoms with E-state index >= 15 is 0 Å². The summed E-state index contributed by atoms with van der Waals surface area (Å²) in [5.41, 5.74) is 0.444. The number of rotatable bonds is 4. The molecule has 1 fully saturated rings. The highest BCUT2D eigenvalue weighted by Gasteiger charge is 2.34. The average Bonchev–Trinajstić information content (AvgIpc) is 2.40. The van der Waals surface area contributed by atoms with Crippen molar-refractivity contribution in [3.8, 4) is 0 Å². The maximum Gasteiger partial charge on any atom is 0.401 e. The molecule has 0 spiro atoms. The Kier molecular flexibility index (Phi) is 5.08. The monoisotopic (exact) mass is 340 g/mol. The van der Waals surface area contributed by atoms with Crippen LogP contribution in [0.3, 0.4) is 0 Å². The van der Waals surface area contributed by atoms with Crippen molar-refractivity contribution in [2.24, 2.45) is 0 Å². The van der Waals surface area contributed by atoms with Gasteiger partial charge < -0.3 is 0 Å². The maximum absolute atomic E-state index is 12.8. The van der Waals surface area contributed by atoms with Gasteiger partial charge in [0.2, 0.25) is 10.0 Å². The molecule has 1 saturated heterocycles. The van der Waals surface area contributed by atoms with Crippen molar-refractivity contribution < 1.29 is 26.0 Å². The van der Waals surface area contributed by atoms with Crippen molar-refractivity contribution in [3.63, 3.8) is 0 Å². The molecule has 0 radical (unpaired) electrons. The summed E-state index contributed by atoms with van der Waals surface area (Å²) in [7, 11) is -3.61. The topological polar surface area (TPSA) is 40.6 Å². The molecule has 1 heterocycles. The molecular weight excluding hydrogens is 324 g/mol. The fraction of sp³-hybridized carbons (Fsp3) is 0.538. The van der Waals surface area contributed by atoms with Crippen LogP contribution in [0.4, 0.5) is 17.6 Å². The first-order chi connectivity index (χ1) is 10.2. The fourth-order valence-corrected chi connectivity index (χ4v) is 3.82. The predicted molar refractivity (Wildman–Crippen MR) is 73.1 cm³/mol. The van der Waals surface area contributed by atoms with Crippen molar-refractivity contribution in [3.05, 3.63) is 35.6 Å². The number of sulfonamides is 1. The van der Waals surface area contributed by atoms with Crippen LogP contribution in [-0.4, -0.2) is 56.5 Å². The lowest BCUT2D eigenvalue weighted by Gasteiger charge is -2.34. The van der Waals surface area contributed by atoms with Gasteiger partial charge in [-0.3, -0.25) is 4.90 Å². The first-order valence-corrected chi connectivity index (χ1v) is 8.28. The predicted octanol–water partition coefficient (Wildman–Crippen LogP) is 1.84. The van der Waals surface area contributed by atoms with Crippen LogP contribution >= 0.6 is 0 Å². The van der Waals surface area contributed by atoms with Crippen LogP contribution in [-0.2, 0) is 15.8 Å². The smallest absolute Gasteiger partial charge is 0.292 e. The van der Waals surface area contributed by atoms with Gasteiger partial charge in [0, 0.05) is 26.2 Å². The number of benzene rings is 1. The summed E-state index contributed by atoms with van der Waals surface area (Å²) in [6.07, 6.45) is -4.28. The van der Waals surface area contributed by atoms with Crippen molar-refractivity contribution in [2.45, 2.75) is 11.9 Å². The summed E-state index contributed by atoms with van der Waals surface area (Å²) in [5.74, 6) is -0.742. The molecule has 0 bridgehead atoms. The van der Waals surface area contributed by atoms with Crippen LogP contribution in [0.2, 0.25) is 0 Å². The van der Waals surface area contributed by atoms with E-state index in [1.54, 1.807) is 0 Å². The SMILES string of the molecule is O=S(=O)(Cc1ccc(F)cc1)N1CCN(CC(F)(F)F)CC1. The summed E-state index contributed by atoms with van der Waals surface area (Å²) in [6, 6.07) is 5.11. The van der Waals surface area contributed by atoms with Gasteiger partial charge in [-0.15, -0.1) is 0 Å². The Labute approximate surface area is 126 Å². The third kappa shape index (κ3) is 4.92. The minimum Gasteiger partial charge on any atom is -0.292 e. The van der Waals surface area contributed by atoms with E-state index in [1.165, 1.54) is 33.5 Å². The van der Waals surface area contributed by atoms with Crippen LogP contribution in [0.1, 0.15) is 5.56 Å². The van der Waals surface area contributed by atoms with Gasteiger partial charge >= 0.3 is 6.18 Å². The number of piperazine rings is 1. The van der Waals surface area contributed by atoms with E-state index in [1.807, 2.05) is 0 Å². The Morgan fingerprint density at radius 3 is 2.05 bits per heavy atom. The Balaban J connectivity index is 1.93. The highest BCUT2D eigenvalue weighted by molar-refractivity contribution is 7.88. The van der Waals surface area contributed by atoms with Gasteiger partial charge in [0.25, 0.3) is 0 Å². The molecule has 0 aliphatic carbocycles. The molecule has 4 nitrogen and oxygen atoms in total. The molecule has 0 atom stereocenters. The zero-order valence-corrected chi connectivity index (χ0v) is 12.5. The van der Waals surface area contributed by atoms with Gasteiger partial charge in [-0.1, -0.05) is 12.1 Å². The molecule has 1 aliphatic heterocycles. The number of nitrogens with zero attached hydrogens (tertiary/aromatic N) is 2. The summed E-state index contributed by atoms with van der Waals surface area (Å²) >= 11 is 0. The van der Waals surface area contributed by atoms with E-state index < -0.39 is 28.6 Å². The molecule has 2 rings (SSSR count). The van der Waals surface area contributed by atoms with E-state index in [9.17, 15) is 26.0 Å². The van der Waals surface area contributed by atoms with Crippen molar-refractivity contribution in [1.82, 2.24) is 9.21 Å². The molecule has 0 saturated carbocycles. The van der Waals surface area contributed by atoms with E-state index in [0.29, 0.717) is 5.56 Å². The highest BCUT2D eigenvalue weighted by atomic mass is 32.2. The second-order valence-electron chi connectivity index (χ2n) is 5.17. The standard InChI is InChI=1S/C13H16F4N2O2S/c14-12-3-1-11(2-4-12)9-22(20,21)19-7-5-18(6-8-19)10-13(15,16)17/h1-4H,5-10H2. The summed E-state index contributed by atoms with van der Waals surface area (Å²) in [5, 5.41) is 0. The second kappa shape index (κ2) is 6.51. The van der Waals surface area contributed by atoms with Gasteiger partial charge in [0.15, 0.2) is 0 Å². The van der Waals surface area contributed by atoms with E-state index in [-0.39, 0.29) is 31.9 Å². The molecule has 22 heavy (non-hydrogen) atoms. The largest absolute Gasteiger partial charge is 0.401 e. The molecule has 9 heteroatoms. The zero-order valence-electron chi connectivity index (χ0n) is 11.7. The van der Waals surface area contributed by atoms with E-state index in [2.05, 4.69) is 0 Å². The molecule has 0 amide bonds. The summed E-state index contributed by atoms with van der Waals surface area (Å²) < 4.78 is 75.3. The number of alkyl halides is 3. The molecule has 0 unspecified atom stereocenters. The Morgan fingerprint density at radius 2 is 1.55 bits per heavy atom. The first-order valence-electron chi connectivity index (χ1n) is 6.67. The normalized spacial score (nSPS) is 18.5. The summed E-state index contributed by atoms with van der Waals surface area (Å²) in [6.45, 7) is -0.887. The molecule has 1 aromatic rings. The number of hydrogen-bond acceptors (Lipinski definition) is 3. The lowest BCUT2D eigenvalue weighted by Crippen LogP contribution is -2.51. The molecule has 0 N–H and O–H groups in total. The minimum absolute atomic E-state index is 0.0274. The van der Waals surface area contributed by atoms with Gasteiger partial charge in [-0.25, -0.2) is 12.8 Å². The van der Waals surface area contributed by atoms with Crippen molar-refractivity contribution in [1.29, 1.82) is 0 Å². The lowest BCUT2D eigenvalue weighted by molar-refractivity contribution is -0.148. The molecule has 1 aromatic carbocycles. The molecular formula is C13H16F4N2O2S. The molecule has 0 aromatic heterocycles. The Morgan fingerprint density at radius 1 is 1.00 bits per heavy atom. The number of halogens is 4. The average molecular weight is 340 g/mol. The number of hydrogen-bond donors (Lipinski definition) is 0. The van der Waals surface area contributed by atoms with Crippen LogP contribution in [0.5, 0.6) is 0 Å². The maximum atomic E-state index is 12.8. The van der Waals surface area contributed by atoms with E-state index in [0.717, 1.165) is 0 Å². The molecule has 1 aliphatic rings. The van der Waals surface area contributed by atoms with Crippen LogP contribution < -0.4 is 0 Å². The highest BCUT2D eigenvalue weighted by Crippen LogP contribution is 2.19. The third-order valence-electron chi connectivity index (χ3n) is 3.39. The minimum atomic E-state index is -4.28. The van der Waals surface area contributed by atoms with E-state index in [4.69, 9.17) is 0 Å². The van der Waals surface area contributed by atoms with Crippen molar-refractivity contribution >= 4 is 10.0 Å². The Hall–Kier alpha value is -1.19. The second-order valence-corrected chi connectivity index (χ2v) is 7.14. The summed E-state index contributed by atoms with van der Waals surface area (Å²) in [4.78, 5) is 1.18. The van der Waals surface area contributed by atoms with Gasteiger partial charge in [0.1, 0.15) is 5.82 Å². The third-order valence-corrected chi connectivity index (χ3v) is 5.24. The Bertz CT molecular complexity index is 593. The van der Waals surface area contributed by atoms with Crippen LogP contribution in [0.25, 0.3) is 0 Å². The molecule has 124 valence electrons. The van der Waals surface area contributed by atoms with Gasteiger partial charge in [0.05, 0.1) is 12.3 Å². The van der Waals surface area contributed by atoms with Crippen molar-refractivity contribution in [2.75, 3.05) is 32.7 Å². The van der Waals surface area contributed by atoms with Crippen LogP contribution in [0, 0.1) is 5.82 Å². The van der Waals surface area contributed by atoms with Gasteiger partial charge in [-0.05, 0) is 17.7 Å². The lowest BCUT2D eigenvalue weighted by atomic mass is 10.2.